The van der Waals surface area contributed by atoms with Crippen molar-refractivity contribution in [3.63, 3.8) is 0 Å². The second kappa shape index (κ2) is 5.10. The van der Waals surface area contributed by atoms with Gasteiger partial charge in [0, 0.05) is 28.8 Å². The molecule has 1 atom stereocenters. The second-order valence-corrected chi connectivity index (χ2v) is 4.74. The summed E-state index contributed by atoms with van der Waals surface area (Å²) in [6.45, 7) is 4.47. The van der Waals surface area contributed by atoms with Gasteiger partial charge in [0.15, 0.2) is 0 Å². The Hall–Kier alpha value is -0.900. The molecule has 14 heavy (non-hydrogen) atoms. The molecule has 76 valence electrons. The predicted octanol–water partition coefficient (Wildman–Crippen LogP) is 1.90. The third-order valence-corrected chi connectivity index (χ3v) is 2.03. The highest BCUT2D eigenvalue weighted by molar-refractivity contribution is 9.09. The van der Waals surface area contributed by atoms with Gasteiger partial charge >= 0.3 is 0 Å². The lowest BCUT2D eigenvalue weighted by Gasteiger charge is -2.06. The van der Waals surface area contributed by atoms with Crippen molar-refractivity contribution in [3.05, 3.63) is 29.6 Å². The van der Waals surface area contributed by atoms with Crippen LogP contribution in [0.25, 0.3) is 0 Å². The van der Waals surface area contributed by atoms with Crippen LogP contribution in [0.1, 0.15) is 23.0 Å². The molecular formula is C10H13BrN2O. The molecule has 0 radical (unpaired) electrons. The Balaban J connectivity index is 2.61. The van der Waals surface area contributed by atoms with Crippen molar-refractivity contribution < 1.29 is 4.79 Å². The summed E-state index contributed by atoms with van der Waals surface area (Å²) in [6.07, 6.45) is 1.64. The predicted molar refractivity (Wildman–Crippen MR) is 59.7 cm³/mol. The minimum atomic E-state index is -0.0539. The van der Waals surface area contributed by atoms with Crippen LogP contribution in [0.2, 0.25) is 0 Å². The summed E-state index contributed by atoms with van der Waals surface area (Å²) in [4.78, 5) is 15.9. The first kappa shape index (κ1) is 11.2. The van der Waals surface area contributed by atoms with Gasteiger partial charge < -0.3 is 5.32 Å². The third-order valence-electron chi connectivity index (χ3n) is 1.70. The summed E-state index contributed by atoms with van der Waals surface area (Å²) in [5, 5.41) is 2.81. The Kier molecular flexibility index (Phi) is 4.07. The lowest BCUT2D eigenvalue weighted by molar-refractivity contribution is 0.0954. The van der Waals surface area contributed by atoms with Crippen LogP contribution in [0.4, 0.5) is 0 Å². The Labute approximate surface area is 92.1 Å². The number of nitrogens with one attached hydrogen (secondary N) is 1. The Morgan fingerprint density at radius 2 is 2.43 bits per heavy atom. The summed E-state index contributed by atoms with van der Waals surface area (Å²) < 4.78 is 0. The SMILES string of the molecule is Cc1cc(C(=O)NCC(C)Br)ccn1. The maximum atomic E-state index is 11.5. The van der Waals surface area contributed by atoms with Crippen molar-refractivity contribution in [1.82, 2.24) is 10.3 Å². The number of aromatic nitrogens is 1. The van der Waals surface area contributed by atoms with E-state index in [1.54, 1.807) is 18.3 Å². The number of aryl methyl sites for hydroxylation is 1. The maximum Gasteiger partial charge on any atom is 0.251 e. The van der Waals surface area contributed by atoms with E-state index in [-0.39, 0.29) is 10.7 Å². The number of halogens is 1. The van der Waals surface area contributed by atoms with Crippen molar-refractivity contribution in [2.45, 2.75) is 18.7 Å². The van der Waals surface area contributed by atoms with Gasteiger partial charge in [-0.25, -0.2) is 0 Å². The van der Waals surface area contributed by atoms with Gasteiger partial charge in [-0.15, -0.1) is 0 Å². The summed E-state index contributed by atoms with van der Waals surface area (Å²) >= 11 is 3.36. The fourth-order valence-corrected chi connectivity index (χ4v) is 1.18. The first-order valence-electron chi connectivity index (χ1n) is 4.44. The molecule has 0 spiro atoms. The standard InChI is InChI=1S/C10H13BrN2O/c1-7(11)6-13-10(14)9-3-4-12-8(2)5-9/h3-5,7H,6H2,1-2H3,(H,13,14). The summed E-state index contributed by atoms with van der Waals surface area (Å²) in [5.74, 6) is -0.0539. The number of amides is 1. The number of alkyl halides is 1. The van der Waals surface area contributed by atoms with Gasteiger partial charge in [0.25, 0.3) is 5.91 Å². The largest absolute Gasteiger partial charge is 0.351 e. The van der Waals surface area contributed by atoms with Crippen LogP contribution in [0.3, 0.4) is 0 Å². The van der Waals surface area contributed by atoms with Crippen molar-refractivity contribution in [1.29, 1.82) is 0 Å². The van der Waals surface area contributed by atoms with E-state index < -0.39 is 0 Å². The van der Waals surface area contributed by atoms with Crippen LogP contribution in [0.15, 0.2) is 18.3 Å². The monoisotopic (exact) mass is 256 g/mol. The molecule has 1 N–H and O–H groups in total. The molecule has 1 amide bonds. The van der Waals surface area contributed by atoms with Crippen molar-refractivity contribution in [2.75, 3.05) is 6.54 Å². The molecule has 0 fully saturated rings. The van der Waals surface area contributed by atoms with Crippen molar-refractivity contribution in [3.8, 4) is 0 Å². The third kappa shape index (κ3) is 3.46. The minimum Gasteiger partial charge on any atom is -0.351 e. The van der Waals surface area contributed by atoms with Gasteiger partial charge in [-0.3, -0.25) is 9.78 Å². The number of hydrogen-bond acceptors (Lipinski definition) is 2. The van der Waals surface area contributed by atoms with Crippen LogP contribution in [-0.2, 0) is 0 Å². The Morgan fingerprint density at radius 1 is 1.71 bits per heavy atom. The van der Waals surface area contributed by atoms with E-state index in [0.29, 0.717) is 12.1 Å². The quantitative estimate of drug-likeness (QED) is 0.840. The van der Waals surface area contributed by atoms with E-state index in [0.717, 1.165) is 5.69 Å². The zero-order chi connectivity index (χ0) is 10.6. The number of rotatable bonds is 3. The average Bonchev–Trinajstić information content (AvgIpc) is 2.14. The first-order valence-corrected chi connectivity index (χ1v) is 5.36. The number of pyridine rings is 1. The molecule has 0 aliphatic rings. The highest BCUT2D eigenvalue weighted by atomic mass is 79.9. The lowest BCUT2D eigenvalue weighted by Crippen LogP contribution is -2.28. The van der Waals surface area contributed by atoms with Gasteiger partial charge in [-0.1, -0.05) is 22.9 Å². The van der Waals surface area contributed by atoms with Gasteiger partial charge in [0.2, 0.25) is 0 Å². The van der Waals surface area contributed by atoms with Crippen LogP contribution in [0.5, 0.6) is 0 Å². The van der Waals surface area contributed by atoms with Crippen molar-refractivity contribution >= 4 is 21.8 Å². The normalized spacial score (nSPS) is 12.2. The van der Waals surface area contributed by atoms with Crippen LogP contribution in [0, 0.1) is 6.92 Å². The molecular weight excluding hydrogens is 244 g/mol. The van der Waals surface area contributed by atoms with E-state index in [1.807, 2.05) is 13.8 Å². The molecule has 0 saturated heterocycles. The number of hydrogen-bond donors (Lipinski definition) is 1. The molecule has 0 bridgehead atoms. The molecule has 3 nitrogen and oxygen atoms in total. The zero-order valence-electron chi connectivity index (χ0n) is 8.25. The van der Waals surface area contributed by atoms with Gasteiger partial charge in [0.05, 0.1) is 0 Å². The van der Waals surface area contributed by atoms with Gasteiger partial charge in [0.1, 0.15) is 0 Å². The fourth-order valence-electron chi connectivity index (χ4n) is 1.02. The summed E-state index contributed by atoms with van der Waals surface area (Å²) in [6, 6.07) is 3.48. The summed E-state index contributed by atoms with van der Waals surface area (Å²) in [7, 11) is 0. The first-order chi connectivity index (χ1) is 6.59. The Morgan fingerprint density at radius 3 is 3.00 bits per heavy atom. The van der Waals surface area contributed by atoms with Gasteiger partial charge in [-0.2, -0.15) is 0 Å². The number of nitrogens with zero attached hydrogens (tertiary/aromatic N) is 1. The van der Waals surface area contributed by atoms with Crippen molar-refractivity contribution in [2.24, 2.45) is 0 Å². The molecule has 4 heteroatoms. The molecule has 1 rings (SSSR count). The molecule has 1 aromatic rings. The maximum absolute atomic E-state index is 11.5. The van der Waals surface area contributed by atoms with Crippen LogP contribution in [-0.4, -0.2) is 22.3 Å². The van der Waals surface area contributed by atoms with E-state index in [4.69, 9.17) is 0 Å². The second-order valence-electron chi connectivity index (χ2n) is 3.18. The topological polar surface area (TPSA) is 42.0 Å². The van der Waals surface area contributed by atoms with E-state index >= 15 is 0 Å². The molecule has 0 saturated carbocycles. The minimum absolute atomic E-state index is 0.0539. The van der Waals surface area contributed by atoms with E-state index in [9.17, 15) is 4.79 Å². The Bertz CT molecular complexity index is 326. The number of carbonyl (C=O) groups is 1. The highest BCUT2D eigenvalue weighted by Gasteiger charge is 2.05. The number of carbonyl (C=O) groups excluding carboxylic acids is 1. The average molecular weight is 257 g/mol. The highest BCUT2D eigenvalue weighted by Crippen LogP contribution is 2.01. The van der Waals surface area contributed by atoms with E-state index in [2.05, 4.69) is 26.2 Å². The van der Waals surface area contributed by atoms with E-state index in [1.165, 1.54) is 0 Å². The lowest BCUT2D eigenvalue weighted by atomic mass is 10.2. The molecule has 0 aliphatic carbocycles. The van der Waals surface area contributed by atoms with Gasteiger partial charge in [-0.05, 0) is 19.1 Å². The van der Waals surface area contributed by atoms with Crippen LogP contribution >= 0.6 is 15.9 Å². The zero-order valence-corrected chi connectivity index (χ0v) is 9.84. The molecule has 0 aliphatic heterocycles. The molecule has 1 heterocycles. The molecule has 0 aromatic carbocycles. The fraction of sp³-hybridized carbons (Fsp3) is 0.400. The molecule has 1 aromatic heterocycles. The summed E-state index contributed by atoms with van der Waals surface area (Å²) in [5.41, 5.74) is 1.51. The molecule has 1 unspecified atom stereocenters. The van der Waals surface area contributed by atoms with Crippen LogP contribution < -0.4 is 5.32 Å². The smallest absolute Gasteiger partial charge is 0.251 e.